The zero-order chi connectivity index (χ0) is 16.9. The van der Waals surface area contributed by atoms with Gasteiger partial charge in [-0.25, -0.2) is 0 Å². The van der Waals surface area contributed by atoms with E-state index in [1.54, 1.807) is 17.5 Å². The van der Waals surface area contributed by atoms with Crippen LogP contribution in [-0.4, -0.2) is 42.0 Å². The Morgan fingerprint density at radius 3 is 2.96 bits per heavy atom. The van der Waals surface area contributed by atoms with E-state index in [4.69, 9.17) is 0 Å². The van der Waals surface area contributed by atoms with E-state index in [1.807, 2.05) is 23.6 Å². The minimum atomic E-state index is -0.0262. The highest BCUT2D eigenvalue weighted by molar-refractivity contribution is 7.08. The topological polar surface area (TPSA) is 45.2 Å². The first-order valence-electron chi connectivity index (χ1n) is 8.61. The summed E-state index contributed by atoms with van der Waals surface area (Å²) in [4.78, 5) is 19.2. The number of carbonyl (C=O) groups excluding carboxylic acids is 1. The second-order valence-electron chi connectivity index (χ2n) is 6.96. The maximum absolute atomic E-state index is 12.3. The summed E-state index contributed by atoms with van der Waals surface area (Å²) in [6.45, 7) is 8.64. The van der Waals surface area contributed by atoms with Crippen LogP contribution in [0.25, 0.3) is 11.3 Å². The smallest absolute Gasteiger partial charge is 0.252 e. The fourth-order valence-electron chi connectivity index (χ4n) is 3.21. The number of rotatable bonds is 6. The number of nitrogens with zero attached hydrogens (tertiary/aromatic N) is 2. The van der Waals surface area contributed by atoms with Crippen molar-refractivity contribution in [1.82, 2.24) is 15.2 Å². The van der Waals surface area contributed by atoms with E-state index < -0.39 is 0 Å². The quantitative estimate of drug-likeness (QED) is 0.873. The molecule has 1 fully saturated rings. The first-order valence-corrected chi connectivity index (χ1v) is 9.55. The molecule has 0 aromatic carbocycles. The van der Waals surface area contributed by atoms with Gasteiger partial charge in [-0.2, -0.15) is 11.3 Å². The van der Waals surface area contributed by atoms with Crippen LogP contribution in [-0.2, 0) is 0 Å². The van der Waals surface area contributed by atoms with Gasteiger partial charge in [0.2, 0.25) is 0 Å². The minimum absolute atomic E-state index is 0.0262. The van der Waals surface area contributed by atoms with Crippen LogP contribution in [0.5, 0.6) is 0 Å². The number of thiophene rings is 1. The van der Waals surface area contributed by atoms with Crippen molar-refractivity contribution in [1.29, 1.82) is 0 Å². The molecule has 3 heterocycles. The van der Waals surface area contributed by atoms with Gasteiger partial charge in [-0.1, -0.05) is 13.8 Å². The molecule has 1 N–H and O–H groups in total. The summed E-state index contributed by atoms with van der Waals surface area (Å²) in [5.74, 6) is 1.23. The number of hydrogen-bond donors (Lipinski definition) is 1. The number of carbonyl (C=O) groups is 1. The molecule has 0 saturated carbocycles. The number of aromatic nitrogens is 1. The van der Waals surface area contributed by atoms with Gasteiger partial charge in [0.1, 0.15) is 0 Å². The Morgan fingerprint density at radius 2 is 2.29 bits per heavy atom. The predicted octanol–water partition coefficient (Wildman–Crippen LogP) is 3.52. The van der Waals surface area contributed by atoms with Gasteiger partial charge >= 0.3 is 0 Å². The van der Waals surface area contributed by atoms with Crippen molar-refractivity contribution in [3.63, 3.8) is 0 Å². The molecule has 128 valence electrons. The molecule has 2 aromatic heterocycles. The van der Waals surface area contributed by atoms with E-state index in [1.165, 1.54) is 6.42 Å². The lowest BCUT2D eigenvalue weighted by Crippen LogP contribution is -2.31. The zero-order valence-corrected chi connectivity index (χ0v) is 15.2. The molecule has 1 unspecified atom stereocenters. The van der Waals surface area contributed by atoms with Crippen LogP contribution in [0.15, 0.2) is 35.2 Å². The predicted molar refractivity (Wildman–Crippen MR) is 99.3 cm³/mol. The van der Waals surface area contributed by atoms with Gasteiger partial charge in [-0.15, -0.1) is 0 Å². The number of pyridine rings is 1. The zero-order valence-electron chi connectivity index (χ0n) is 14.4. The lowest BCUT2D eigenvalue weighted by molar-refractivity contribution is 0.0947. The summed E-state index contributed by atoms with van der Waals surface area (Å²) >= 11 is 1.65. The minimum Gasteiger partial charge on any atom is -0.352 e. The summed E-state index contributed by atoms with van der Waals surface area (Å²) in [7, 11) is 0. The van der Waals surface area contributed by atoms with Crippen LogP contribution < -0.4 is 5.32 Å². The largest absolute Gasteiger partial charge is 0.352 e. The maximum Gasteiger partial charge on any atom is 0.252 e. The third-order valence-electron chi connectivity index (χ3n) is 4.39. The van der Waals surface area contributed by atoms with Crippen molar-refractivity contribution in [2.24, 2.45) is 11.8 Å². The molecule has 0 spiro atoms. The Bertz CT molecular complexity index is 652. The summed E-state index contributed by atoms with van der Waals surface area (Å²) in [5.41, 5.74) is 2.64. The van der Waals surface area contributed by atoms with Gasteiger partial charge < -0.3 is 10.2 Å². The highest BCUT2D eigenvalue weighted by atomic mass is 32.1. The third-order valence-corrected chi connectivity index (χ3v) is 5.07. The summed E-state index contributed by atoms with van der Waals surface area (Å²) in [5, 5.41) is 7.16. The molecule has 1 aliphatic rings. The normalized spacial score (nSPS) is 18.2. The average Bonchev–Trinajstić information content (AvgIpc) is 3.24. The fraction of sp³-hybridized carbons (Fsp3) is 0.474. The lowest BCUT2D eigenvalue weighted by Gasteiger charge is -2.18. The second kappa shape index (κ2) is 7.90. The Morgan fingerprint density at radius 1 is 1.42 bits per heavy atom. The molecule has 24 heavy (non-hydrogen) atoms. The molecule has 4 nitrogen and oxygen atoms in total. The lowest BCUT2D eigenvalue weighted by atomic mass is 10.1. The molecule has 0 radical (unpaired) electrons. The van der Waals surface area contributed by atoms with E-state index in [0.29, 0.717) is 17.4 Å². The number of nitrogens with one attached hydrogen (secondary N) is 1. The van der Waals surface area contributed by atoms with Crippen LogP contribution in [0.2, 0.25) is 0 Å². The van der Waals surface area contributed by atoms with Gasteiger partial charge in [-0.05, 0) is 48.4 Å². The van der Waals surface area contributed by atoms with Crippen molar-refractivity contribution in [2.45, 2.75) is 20.3 Å². The molecule has 0 bridgehead atoms. The molecular weight excluding hydrogens is 318 g/mol. The summed E-state index contributed by atoms with van der Waals surface area (Å²) < 4.78 is 0. The average molecular weight is 343 g/mol. The number of likely N-dealkylation sites (tertiary alicyclic amines) is 1. The van der Waals surface area contributed by atoms with Crippen molar-refractivity contribution in [3.05, 3.63) is 40.7 Å². The van der Waals surface area contributed by atoms with E-state index in [-0.39, 0.29) is 5.91 Å². The summed E-state index contributed by atoms with van der Waals surface area (Å²) in [6, 6.07) is 5.81. The molecule has 1 aliphatic heterocycles. The highest BCUT2D eigenvalue weighted by Gasteiger charge is 2.23. The Hall–Kier alpha value is -1.72. The molecule has 1 amide bonds. The third kappa shape index (κ3) is 4.42. The van der Waals surface area contributed by atoms with Crippen LogP contribution in [0, 0.1) is 11.8 Å². The highest BCUT2D eigenvalue weighted by Crippen LogP contribution is 2.20. The van der Waals surface area contributed by atoms with Crippen molar-refractivity contribution in [2.75, 3.05) is 26.2 Å². The van der Waals surface area contributed by atoms with Crippen LogP contribution in [0.4, 0.5) is 0 Å². The van der Waals surface area contributed by atoms with Gasteiger partial charge in [-0.3, -0.25) is 9.78 Å². The molecule has 1 atom stereocenters. The molecule has 3 rings (SSSR count). The Balaban J connectivity index is 1.49. The van der Waals surface area contributed by atoms with Gasteiger partial charge in [0, 0.05) is 36.8 Å². The van der Waals surface area contributed by atoms with E-state index in [0.717, 1.165) is 37.4 Å². The Labute approximate surface area is 147 Å². The van der Waals surface area contributed by atoms with Crippen LogP contribution >= 0.6 is 11.3 Å². The van der Waals surface area contributed by atoms with Gasteiger partial charge in [0.05, 0.1) is 11.3 Å². The number of amides is 1. The molecule has 0 aliphatic carbocycles. The maximum atomic E-state index is 12.3. The first kappa shape index (κ1) is 17.1. The molecule has 5 heteroatoms. The van der Waals surface area contributed by atoms with Crippen molar-refractivity contribution >= 4 is 17.2 Å². The fourth-order valence-corrected chi connectivity index (χ4v) is 3.86. The standard InChI is InChI=1S/C19H25N3OS/c1-14(2)11-22-7-5-15(12-22)9-21-19(23)16-3-4-18(20-10-16)17-6-8-24-13-17/h3-4,6,8,10,13-15H,5,7,9,11-12H2,1-2H3,(H,21,23). The van der Waals surface area contributed by atoms with Crippen LogP contribution in [0.3, 0.4) is 0 Å². The van der Waals surface area contributed by atoms with Gasteiger partial charge in [0.15, 0.2) is 0 Å². The summed E-state index contributed by atoms with van der Waals surface area (Å²) in [6.07, 6.45) is 2.84. The molecular formula is C19H25N3OS. The van der Waals surface area contributed by atoms with Gasteiger partial charge in [0.25, 0.3) is 5.91 Å². The first-order chi connectivity index (χ1) is 11.6. The molecule has 2 aromatic rings. The SMILES string of the molecule is CC(C)CN1CCC(CNC(=O)c2ccc(-c3ccsc3)nc2)C1. The monoisotopic (exact) mass is 343 g/mol. The van der Waals surface area contributed by atoms with E-state index >= 15 is 0 Å². The van der Waals surface area contributed by atoms with E-state index in [2.05, 4.69) is 34.4 Å². The van der Waals surface area contributed by atoms with E-state index in [9.17, 15) is 4.79 Å². The van der Waals surface area contributed by atoms with Crippen molar-refractivity contribution < 1.29 is 4.79 Å². The Kier molecular flexibility index (Phi) is 5.63. The van der Waals surface area contributed by atoms with Crippen LogP contribution in [0.1, 0.15) is 30.6 Å². The molecule has 1 saturated heterocycles. The number of hydrogen-bond acceptors (Lipinski definition) is 4. The second-order valence-corrected chi connectivity index (χ2v) is 7.74. The van der Waals surface area contributed by atoms with Crippen molar-refractivity contribution in [3.8, 4) is 11.3 Å².